The molecule has 6 heteroatoms. The summed E-state index contributed by atoms with van der Waals surface area (Å²) in [5, 5.41) is 7.05. The van der Waals surface area contributed by atoms with E-state index in [0.29, 0.717) is 24.5 Å². The number of fused-ring (bicyclic) bond motifs is 1. The van der Waals surface area contributed by atoms with E-state index < -0.39 is 5.97 Å². The van der Waals surface area contributed by atoms with Crippen molar-refractivity contribution < 1.29 is 19.1 Å². The highest BCUT2D eigenvalue weighted by Crippen LogP contribution is 2.46. The lowest BCUT2D eigenvalue weighted by atomic mass is 9.73. The molecule has 6 nitrogen and oxygen atoms in total. The van der Waals surface area contributed by atoms with Gasteiger partial charge in [0.2, 0.25) is 0 Å². The zero-order chi connectivity index (χ0) is 22.2. The van der Waals surface area contributed by atoms with Crippen LogP contribution >= 0.6 is 0 Å². The number of carbonyl (C=O) groups excluding carboxylic acids is 2. The Bertz CT molecular complexity index is 1070. The number of allylic oxidation sites excluding steroid dienone is 1. The fourth-order valence-electron chi connectivity index (χ4n) is 4.35. The summed E-state index contributed by atoms with van der Waals surface area (Å²) in [5.41, 5.74) is 4.23. The Balaban J connectivity index is 1.85. The molecule has 1 heterocycles. The molecule has 1 aliphatic carbocycles. The Morgan fingerprint density at radius 2 is 1.84 bits per heavy atom. The molecule has 0 radical (unpaired) electrons. The first-order valence-electron chi connectivity index (χ1n) is 10.6. The van der Waals surface area contributed by atoms with Crippen LogP contribution in [0.4, 0.5) is 11.4 Å². The molecule has 0 saturated carbocycles. The van der Waals surface area contributed by atoms with Crippen LogP contribution in [0.25, 0.3) is 0 Å². The van der Waals surface area contributed by atoms with Gasteiger partial charge in [-0.3, -0.25) is 9.59 Å². The summed E-state index contributed by atoms with van der Waals surface area (Å²) in [6.45, 7) is 7.92. The summed E-state index contributed by atoms with van der Waals surface area (Å²) >= 11 is 0. The lowest BCUT2D eigenvalue weighted by Gasteiger charge is -2.34. The maximum absolute atomic E-state index is 13.3. The molecular weight excluding hydrogens is 392 g/mol. The monoisotopic (exact) mass is 420 g/mol. The number of para-hydroxylation sites is 2. The average Bonchev–Trinajstić information content (AvgIpc) is 2.84. The van der Waals surface area contributed by atoms with Crippen LogP contribution in [-0.2, 0) is 9.59 Å². The van der Waals surface area contributed by atoms with Gasteiger partial charge in [0.15, 0.2) is 17.3 Å². The molecule has 0 aromatic heterocycles. The van der Waals surface area contributed by atoms with Crippen LogP contribution in [0.15, 0.2) is 53.7 Å². The third kappa shape index (κ3) is 4.29. The maximum atomic E-state index is 13.3. The first-order valence-corrected chi connectivity index (χ1v) is 10.6. The van der Waals surface area contributed by atoms with Crippen molar-refractivity contribution >= 4 is 23.1 Å². The Hall–Kier alpha value is -3.28. The van der Waals surface area contributed by atoms with Crippen molar-refractivity contribution in [2.75, 3.05) is 17.2 Å². The smallest absolute Gasteiger partial charge is 0.308 e. The Labute approximate surface area is 182 Å². The van der Waals surface area contributed by atoms with Gasteiger partial charge in [-0.15, -0.1) is 0 Å². The molecular formula is C25H28N2O4. The van der Waals surface area contributed by atoms with Gasteiger partial charge in [0, 0.05) is 24.6 Å². The summed E-state index contributed by atoms with van der Waals surface area (Å²) in [4.78, 5) is 25.0. The van der Waals surface area contributed by atoms with Crippen molar-refractivity contribution in [3.8, 4) is 11.5 Å². The molecule has 2 aromatic rings. The van der Waals surface area contributed by atoms with Gasteiger partial charge in [-0.1, -0.05) is 32.0 Å². The summed E-state index contributed by atoms with van der Waals surface area (Å²) in [7, 11) is 0. The number of rotatable bonds is 4. The van der Waals surface area contributed by atoms with Crippen molar-refractivity contribution in [1.82, 2.24) is 0 Å². The van der Waals surface area contributed by atoms with Gasteiger partial charge >= 0.3 is 5.97 Å². The summed E-state index contributed by atoms with van der Waals surface area (Å²) in [6, 6.07) is 13.1. The van der Waals surface area contributed by atoms with Crippen molar-refractivity contribution in [3.63, 3.8) is 0 Å². The van der Waals surface area contributed by atoms with Crippen LogP contribution < -0.4 is 20.1 Å². The molecule has 0 spiro atoms. The SMILES string of the molecule is CCOc1ccc(C2Nc3ccccc3NC3=C2C(=O)CC(C)(C)C3)cc1OC(C)=O. The van der Waals surface area contributed by atoms with Crippen LogP contribution in [0, 0.1) is 5.41 Å². The van der Waals surface area contributed by atoms with E-state index in [2.05, 4.69) is 24.5 Å². The quantitative estimate of drug-likeness (QED) is 0.521. The number of ketones is 1. The van der Waals surface area contributed by atoms with E-state index in [1.807, 2.05) is 37.3 Å². The second-order valence-electron chi connectivity index (χ2n) is 8.81. The first kappa shape index (κ1) is 21.0. The topological polar surface area (TPSA) is 76.7 Å². The molecule has 162 valence electrons. The number of benzene rings is 2. The Kier molecular flexibility index (Phi) is 5.48. The number of anilines is 2. The minimum absolute atomic E-state index is 0.117. The highest BCUT2D eigenvalue weighted by atomic mass is 16.6. The number of Topliss-reactive ketones (excluding diaryl/α,β-unsaturated/α-hetero) is 1. The number of ether oxygens (including phenoxy) is 2. The second kappa shape index (κ2) is 8.10. The molecule has 1 aliphatic heterocycles. The summed E-state index contributed by atoms with van der Waals surface area (Å²) < 4.78 is 11.0. The number of hydrogen-bond donors (Lipinski definition) is 2. The standard InChI is InChI=1S/C25H28N2O4/c1-5-30-21-11-10-16(12-22(21)31-15(2)28)24-23-19(13-25(3,4)14-20(23)29)26-17-8-6-7-9-18(17)27-24/h6-12,24,26-27H,5,13-14H2,1-4H3. The van der Waals surface area contributed by atoms with Gasteiger partial charge in [0.05, 0.1) is 24.0 Å². The Morgan fingerprint density at radius 1 is 1.10 bits per heavy atom. The Morgan fingerprint density at radius 3 is 2.55 bits per heavy atom. The van der Waals surface area contributed by atoms with E-state index in [1.54, 1.807) is 12.1 Å². The molecule has 0 amide bonds. The maximum Gasteiger partial charge on any atom is 0.308 e. The fourth-order valence-corrected chi connectivity index (χ4v) is 4.35. The molecule has 4 rings (SSSR count). The van der Waals surface area contributed by atoms with E-state index in [1.165, 1.54) is 6.92 Å². The minimum atomic E-state index is -0.422. The van der Waals surface area contributed by atoms with E-state index >= 15 is 0 Å². The zero-order valence-corrected chi connectivity index (χ0v) is 18.4. The lowest BCUT2D eigenvalue weighted by Crippen LogP contribution is -2.31. The van der Waals surface area contributed by atoms with Gasteiger partial charge in [-0.2, -0.15) is 0 Å². The van der Waals surface area contributed by atoms with Crippen molar-refractivity contribution in [1.29, 1.82) is 0 Å². The lowest BCUT2D eigenvalue weighted by molar-refractivity contribution is -0.132. The van der Waals surface area contributed by atoms with Crippen LogP contribution in [0.1, 0.15) is 52.1 Å². The van der Waals surface area contributed by atoms with E-state index in [9.17, 15) is 9.59 Å². The molecule has 1 atom stereocenters. The van der Waals surface area contributed by atoms with Gasteiger partial charge in [-0.25, -0.2) is 0 Å². The van der Waals surface area contributed by atoms with Crippen LogP contribution in [0.5, 0.6) is 11.5 Å². The predicted molar refractivity (Wildman–Crippen MR) is 120 cm³/mol. The van der Waals surface area contributed by atoms with Crippen molar-refractivity contribution in [3.05, 3.63) is 59.3 Å². The first-order chi connectivity index (χ1) is 14.8. The molecule has 0 saturated heterocycles. The second-order valence-corrected chi connectivity index (χ2v) is 8.81. The molecule has 0 fully saturated rings. The molecule has 1 unspecified atom stereocenters. The summed E-state index contributed by atoms with van der Waals surface area (Å²) in [6.07, 6.45) is 1.25. The largest absolute Gasteiger partial charge is 0.490 e. The molecule has 2 aromatic carbocycles. The van der Waals surface area contributed by atoms with E-state index in [-0.39, 0.29) is 17.2 Å². The van der Waals surface area contributed by atoms with Gasteiger partial charge in [0.1, 0.15) is 0 Å². The molecule has 31 heavy (non-hydrogen) atoms. The highest BCUT2D eigenvalue weighted by Gasteiger charge is 2.38. The van der Waals surface area contributed by atoms with Gasteiger partial charge < -0.3 is 20.1 Å². The highest BCUT2D eigenvalue weighted by molar-refractivity contribution is 6.01. The van der Waals surface area contributed by atoms with Crippen molar-refractivity contribution in [2.45, 2.75) is 46.6 Å². The van der Waals surface area contributed by atoms with Gasteiger partial charge in [0.25, 0.3) is 0 Å². The molecule has 0 bridgehead atoms. The molecule has 2 aliphatic rings. The van der Waals surface area contributed by atoms with E-state index in [0.717, 1.165) is 34.6 Å². The third-order valence-electron chi connectivity index (χ3n) is 5.58. The van der Waals surface area contributed by atoms with Crippen molar-refractivity contribution in [2.24, 2.45) is 5.41 Å². The number of carbonyl (C=O) groups is 2. The number of nitrogens with one attached hydrogen (secondary N) is 2. The fraction of sp³-hybridized carbons (Fsp3) is 0.360. The molecule has 2 N–H and O–H groups in total. The average molecular weight is 421 g/mol. The van der Waals surface area contributed by atoms with Crippen LogP contribution in [-0.4, -0.2) is 18.4 Å². The number of esters is 1. The predicted octanol–water partition coefficient (Wildman–Crippen LogP) is 5.23. The number of hydrogen-bond acceptors (Lipinski definition) is 6. The van der Waals surface area contributed by atoms with E-state index in [4.69, 9.17) is 9.47 Å². The minimum Gasteiger partial charge on any atom is -0.490 e. The normalized spacial score (nSPS) is 19.4. The van der Waals surface area contributed by atoms with Crippen LogP contribution in [0.2, 0.25) is 0 Å². The van der Waals surface area contributed by atoms with Gasteiger partial charge in [-0.05, 0) is 48.6 Å². The third-order valence-corrected chi connectivity index (χ3v) is 5.58. The van der Waals surface area contributed by atoms with Crippen LogP contribution in [0.3, 0.4) is 0 Å². The summed E-state index contributed by atoms with van der Waals surface area (Å²) in [5.74, 6) is 0.546. The zero-order valence-electron chi connectivity index (χ0n) is 18.4.